The molecule has 0 bridgehead atoms. The topological polar surface area (TPSA) is 36.7 Å². The minimum atomic E-state index is -2.59. The molecule has 0 spiro atoms. The van der Waals surface area contributed by atoms with Crippen LogP contribution in [0.1, 0.15) is 23.4 Å². The van der Waals surface area contributed by atoms with Crippen LogP contribution in [-0.2, 0) is 0 Å². The van der Waals surface area contributed by atoms with Gasteiger partial charge < -0.3 is 0 Å². The second kappa shape index (κ2) is 3.79. The van der Waals surface area contributed by atoms with Gasteiger partial charge in [-0.25, -0.2) is 13.8 Å². The first-order valence-electron chi connectivity index (χ1n) is 3.41. The molecule has 0 fully saturated rings. The van der Waals surface area contributed by atoms with Crippen LogP contribution in [0.25, 0.3) is 0 Å². The Morgan fingerprint density at radius 2 is 2.23 bits per heavy atom. The van der Waals surface area contributed by atoms with E-state index in [1.54, 1.807) is 13.0 Å². The maximum atomic E-state index is 12.4. The van der Waals surface area contributed by atoms with Gasteiger partial charge in [-0.3, -0.25) is 0 Å². The van der Waals surface area contributed by atoms with Crippen LogP contribution in [0.15, 0.2) is 10.5 Å². The second-order valence-corrected chi connectivity index (χ2v) is 3.20. The first kappa shape index (κ1) is 10.1. The minimum absolute atomic E-state index is 0.0102. The molecular formula is C8H5BrF2N2. The summed E-state index contributed by atoms with van der Waals surface area (Å²) in [6, 6.07) is 2.81. The summed E-state index contributed by atoms with van der Waals surface area (Å²) in [7, 11) is 0. The van der Waals surface area contributed by atoms with Crippen LogP contribution in [0.2, 0.25) is 0 Å². The van der Waals surface area contributed by atoms with Crippen LogP contribution in [-0.4, -0.2) is 4.98 Å². The van der Waals surface area contributed by atoms with Crippen molar-refractivity contribution in [2.45, 2.75) is 13.3 Å². The summed E-state index contributed by atoms with van der Waals surface area (Å²) in [5.74, 6) is 0. The number of nitriles is 1. The van der Waals surface area contributed by atoms with E-state index in [0.717, 1.165) is 6.07 Å². The Hall–Kier alpha value is -1.02. The molecule has 1 aromatic rings. The van der Waals surface area contributed by atoms with E-state index in [0.29, 0.717) is 5.69 Å². The molecule has 0 unspecified atom stereocenters. The number of alkyl halides is 2. The van der Waals surface area contributed by atoms with Crippen LogP contribution in [0.5, 0.6) is 0 Å². The van der Waals surface area contributed by atoms with Gasteiger partial charge in [-0.1, -0.05) is 0 Å². The third-order valence-corrected chi connectivity index (χ3v) is 2.53. The lowest BCUT2D eigenvalue weighted by Crippen LogP contribution is -1.95. The summed E-state index contributed by atoms with van der Waals surface area (Å²) in [6.07, 6.45) is -2.59. The monoisotopic (exact) mass is 246 g/mol. The first-order chi connectivity index (χ1) is 6.06. The van der Waals surface area contributed by atoms with E-state index in [1.807, 2.05) is 0 Å². The van der Waals surface area contributed by atoms with E-state index < -0.39 is 6.43 Å². The summed E-state index contributed by atoms with van der Waals surface area (Å²) < 4.78 is 25.0. The fourth-order valence-corrected chi connectivity index (χ4v) is 1.27. The van der Waals surface area contributed by atoms with E-state index in [1.165, 1.54) is 0 Å². The molecule has 1 heterocycles. The Kier molecular flexibility index (Phi) is 2.94. The van der Waals surface area contributed by atoms with Crippen molar-refractivity contribution in [2.75, 3.05) is 0 Å². The van der Waals surface area contributed by atoms with Gasteiger partial charge in [0.25, 0.3) is 6.43 Å². The standard InChI is InChI=1S/C8H5BrF2N2/c1-4-7(9)6(8(10)11)2-5(3-12)13-4/h2,8H,1H3. The van der Waals surface area contributed by atoms with Crippen molar-refractivity contribution < 1.29 is 8.78 Å². The van der Waals surface area contributed by atoms with Crippen molar-refractivity contribution in [3.8, 4) is 6.07 Å². The van der Waals surface area contributed by atoms with Gasteiger partial charge >= 0.3 is 0 Å². The van der Waals surface area contributed by atoms with E-state index in [4.69, 9.17) is 5.26 Å². The number of rotatable bonds is 1. The predicted molar refractivity (Wildman–Crippen MR) is 46.3 cm³/mol. The molecule has 68 valence electrons. The average Bonchev–Trinajstić information content (AvgIpc) is 2.09. The third-order valence-electron chi connectivity index (χ3n) is 1.50. The van der Waals surface area contributed by atoms with Crippen molar-refractivity contribution >= 4 is 15.9 Å². The van der Waals surface area contributed by atoms with Crippen molar-refractivity contribution in [3.05, 3.63) is 27.5 Å². The van der Waals surface area contributed by atoms with Gasteiger partial charge in [0.15, 0.2) is 0 Å². The molecule has 0 aliphatic carbocycles. The number of hydrogen-bond acceptors (Lipinski definition) is 2. The molecule has 0 N–H and O–H groups in total. The molecule has 0 saturated heterocycles. The number of nitrogens with zero attached hydrogens (tertiary/aromatic N) is 2. The van der Waals surface area contributed by atoms with E-state index >= 15 is 0 Å². The van der Waals surface area contributed by atoms with Crippen LogP contribution >= 0.6 is 15.9 Å². The molecule has 5 heteroatoms. The highest BCUT2D eigenvalue weighted by Crippen LogP contribution is 2.29. The molecule has 0 radical (unpaired) electrons. The Morgan fingerprint density at radius 3 is 2.69 bits per heavy atom. The summed E-state index contributed by atoms with van der Waals surface area (Å²) in [5.41, 5.74) is 0.217. The molecule has 0 amide bonds. The van der Waals surface area contributed by atoms with Crippen molar-refractivity contribution in [1.82, 2.24) is 4.98 Å². The number of aryl methyl sites for hydroxylation is 1. The zero-order valence-electron chi connectivity index (χ0n) is 6.68. The lowest BCUT2D eigenvalue weighted by atomic mass is 10.2. The number of hydrogen-bond donors (Lipinski definition) is 0. The molecule has 13 heavy (non-hydrogen) atoms. The first-order valence-corrected chi connectivity index (χ1v) is 4.21. The normalized spacial score (nSPS) is 10.2. The largest absolute Gasteiger partial charge is 0.265 e. The van der Waals surface area contributed by atoms with Crippen molar-refractivity contribution in [2.24, 2.45) is 0 Å². The van der Waals surface area contributed by atoms with E-state index in [9.17, 15) is 8.78 Å². The Balaban J connectivity index is 3.35. The van der Waals surface area contributed by atoms with Gasteiger partial charge in [0.05, 0.1) is 5.69 Å². The summed E-state index contributed by atoms with van der Waals surface area (Å²) in [4.78, 5) is 3.79. The van der Waals surface area contributed by atoms with E-state index in [-0.39, 0.29) is 15.7 Å². The SMILES string of the molecule is Cc1nc(C#N)cc(C(F)F)c1Br. The van der Waals surface area contributed by atoms with Crippen molar-refractivity contribution in [3.63, 3.8) is 0 Å². The summed E-state index contributed by atoms with van der Waals surface area (Å²) >= 11 is 2.99. The van der Waals surface area contributed by atoms with Crippen LogP contribution < -0.4 is 0 Å². The molecule has 2 nitrogen and oxygen atoms in total. The fourth-order valence-electron chi connectivity index (χ4n) is 0.898. The molecule has 0 aliphatic rings. The predicted octanol–water partition coefficient (Wildman–Crippen LogP) is 2.96. The van der Waals surface area contributed by atoms with Gasteiger partial charge in [0, 0.05) is 10.0 Å². The Bertz CT molecular complexity index is 371. The molecule has 0 aromatic carbocycles. The fraction of sp³-hybridized carbons (Fsp3) is 0.250. The van der Waals surface area contributed by atoms with Crippen LogP contribution in [0, 0.1) is 18.3 Å². The molecular weight excluding hydrogens is 242 g/mol. The van der Waals surface area contributed by atoms with E-state index in [2.05, 4.69) is 20.9 Å². The molecule has 1 aromatic heterocycles. The van der Waals surface area contributed by atoms with Gasteiger partial charge in [-0.15, -0.1) is 0 Å². The Labute approximate surface area is 82.3 Å². The minimum Gasteiger partial charge on any atom is -0.241 e. The highest BCUT2D eigenvalue weighted by molar-refractivity contribution is 9.10. The van der Waals surface area contributed by atoms with Gasteiger partial charge in [0.2, 0.25) is 0 Å². The third kappa shape index (κ3) is 2.01. The van der Waals surface area contributed by atoms with Gasteiger partial charge in [-0.05, 0) is 28.9 Å². The quantitative estimate of drug-likeness (QED) is 0.764. The Morgan fingerprint density at radius 1 is 1.62 bits per heavy atom. The smallest absolute Gasteiger partial charge is 0.241 e. The highest BCUT2D eigenvalue weighted by Gasteiger charge is 2.15. The maximum absolute atomic E-state index is 12.4. The van der Waals surface area contributed by atoms with Gasteiger partial charge in [0.1, 0.15) is 11.8 Å². The number of aromatic nitrogens is 1. The number of halogens is 3. The summed E-state index contributed by atoms with van der Waals surface area (Å²) in [5, 5.41) is 8.49. The number of pyridine rings is 1. The van der Waals surface area contributed by atoms with Gasteiger partial charge in [-0.2, -0.15) is 5.26 Å². The highest BCUT2D eigenvalue weighted by atomic mass is 79.9. The summed E-state index contributed by atoms with van der Waals surface area (Å²) in [6.45, 7) is 1.57. The van der Waals surface area contributed by atoms with Crippen molar-refractivity contribution in [1.29, 1.82) is 5.26 Å². The average molecular weight is 247 g/mol. The van der Waals surface area contributed by atoms with Crippen LogP contribution in [0.3, 0.4) is 0 Å². The molecule has 0 saturated carbocycles. The zero-order valence-corrected chi connectivity index (χ0v) is 8.27. The lowest BCUT2D eigenvalue weighted by molar-refractivity contribution is 0.150. The molecule has 1 rings (SSSR count). The lowest BCUT2D eigenvalue weighted by Gasteiger charge is -2.05. The maximum Gasteiger partial charge on any atom is 0.265 e. The zero-order chi connectivity index (χ0) is 10.0. The van der Waals surface area contributed by atoms with Crippen LogP contribution in [0.4, 0.5) is 8.78 Å². The molecule has 0 atom stereocenters. The second-order valence-electron chi connectivity index (χ2n) is 2.41. The molecule has 0 aliphatic heterocycles.